The van der Waals surface area contributed by atoms with E-state index >= 15 is 0 Å². The molecule has 0 radical (unpaired) electrons. The molecule has 3 aromatic rings. The van der Waals surface area contributed by atoms with E-state index in [0.29, 0.717) is 10.4 Å². The smallest absolute Gasteiger partial charge is 0.291 e. The van der Waals surface area contributed by atoms with Gasteiger partial charge in [-0.2, -0.15) is 11.3 Å². The number of aromatic nitrogens is 1. The fraction of sp³-hybridized carbons (Fsp3) is 0. The van der Waals surface area contributed by atoms with Crippen molar-refractivity contribution in [3.8, 4) is 0 Å². The fourth-order valence-electron chi connectivity index (χ4n) is 1.76. The number of anilines is 1. The zero-order valence-corrected chi connectivity index (χ0v) is 15.1. The minimum atomic E-state index is -3.84. The highest BCUT2D eigenvalue weighted by Gasteiger charge is 2.13. The summed E-state index contributed by atoms with van der Waals surface area (Å²) >= 11 is 4.24. The first kappa shape index (κ1) is 16.7. The van der Waals surface area contributed by atoms with Crippen molar-refractivity contribution >= 4 is 54.0 Å². The van der Waals surface area contributed by atoms with E-state index in [0.717, 1.165) is 11.3 Å². The monoisotopic (exact) mass is 426 g/mol. The lowest BCUT2D eigenvalue weighted by Gasteiger charge is -2.12. The Morgan fingerprint density at radius 2 is 1.96 bits per heavy atom. The molecular weight excluding hydrogens is 418 g/mol. The number of nitrogens with zero attached hydrogens (tertiary/aromatic N) is 2. The van der Waals surface area contributed by atoms with E-state index in [9.17, 15) is 13.2 Å². The number of nitrogens with one attached hydrogen (secondary N) is 1. The third kappa shape index (κ3) is 3.83. The second kappa shape index (κ2) is 6.75. The van der Waals surface area contributed by atoms with Crippen molar-refractivity contribution in [1.82, 2.24) is 4.98 Å². The molecule has 3 rings (SSSR count). The Labute approximate surface area is 149 Å². The van der Waals surface area contributed by atoms with Gasteiger partial charge in [-0.15, -0.1) is 0 Å². The predicted octanol–water partition coefficient (Wildman–Crippen LogP) is 4.15. The Balaban J connectivity index is 1.72. The van der Waals surface area contributed by atoms with Crippen LogP contribution in [0.2, 0.25) is 0 Å². The molecule has 0 aliphatic heterocycles. The summed E-state index contributed by atoms with van der Waals surface area (Å²) in [6, 6.07) is 8.79. The van der Waals surface area contributed by atoms with Crippen LogP contribution in [0.15, 0.2) is 62.0 Å². The zero-order valence-electron chi connectivity index (χ0n) is 11.8. The Morgan fingerprint density at radius 3 is 2.54 bits per heavy atom. The average Bonchev–Trinajstić information content (AvgIpc) is 3.19. The number of carbonyl (C=O) groups excluding carboxylic acids is 1. The van der Waals surface area contributed by atoms with E-state index in [1.807, 2.05) is 0 Å². The molecule has 1 aromatic carbocycles. The molecule has 7 nitrogen and oxygen atoms in total. The van der Waals surface area contributed by atoms with Crippen LogP contribution in [0.4, 0.5) is 10.8 Å². The van der Waals surface area contributed by atoms with E-state index < -0.39 is 15.9 Å². The van der Waals surface area contributed by atoms with Gasteiger partial charge in [-0.05, 0) is 57.7 Å². The van der Waals surface area contributed by atoms with Crippen LogP contribution in [0.25, 0.3) is 4.72 Å². The molecule has 0 spiro atoms. The van der Waals surface area contributed by atoms with Crippen LogP contribution in [0.1, 0.15) is 10.6 Å². The zero-order chi connectivity index (χ0) is 17.2. The lowest BCUT2D eigenvalue weighted by molar-refractivity contribution is 0.0995. The molecular formula is C14H9BrN3O4S2-. The van der Waals surface area contributed by atoms with Gasteiger partial charge in [-0.3, -0.25) is 4.79 Å². The molecule has 2 aromatic heterocycles. The number of rotatable bonds is 5. The number of furan rings is 1. The van der Waals surface area contributed by atoms with Gasteiger partial charge in [0, 0.05) is 10.8 Å². The number of hydrogen-bond donors (Lipinski definition) is 1. The van der Waals surface area contributed by atoms with Crippen LogP contribution in [0.3, 0.4) is 0 Å². The maximum atomic E-state index is 12.1. The van der Waals surface area contributed by atoms with Crippen molar-refractivity contribution in [2.75, 3.05) is 5.32 Å². The van der Waals surface area contributed by atoms with Crippen molar-refractivity contribution in [3.63, 3.8) is 0 Å². The first-order chi connectivity index (χ1) is 11.4. The maximum absolute atomic E-state index is 12.1. The molecule has 1 N–H and O–H groups in total. The van der Waals surface area contributed by atoms with Gasteiger partial charge in [0.25, 0.3) is 5.91 Å². The molecule has 0 aliphatic rings. The average molecular weight is 427 g/mol. The SMILES string of the molecule is O=C(Nc1ccc(S(=O)(=O)[N-]c2nccs2)cc1)c1ccc(Br)o1. The first-order valence-corrected chi connectivity index (χ1v) is 9.59. The van der Waals surface area contributed by atoms with Gasteiger partial charge in [0.2, 0.25) is 10.0 Å². The number of sulfonamides is 1. The fourth-order valence-corrected chi connectivity index (χ4v) is 3.73. The highest BCUT2D eigenvalue weighted by atomic mass is 79.9. The second-order valence-electron chi connectivity index (χ2n) is 4.46. The topological polar surface area (TPSA) is 103 Å². The number of amides is 1. The summed E-state index contributed by atoms with van der Waals surface area (Å²) in [6.07, 6.45) is 1.48. The third-order valence-electron chi connectivity index (χ3n) is 2.82. The van der Waals surface area contributed by atoms with E-state index in [1.54, 1.807) is 11.4 Å². The van der Waals surface area contributed by atoms with Crippen molar-refractivity contribution in [3.05, 3.63) is 63.1 Å². The molecule has 0 aliphatic carbocycles. The van der Waals surface area contributed by atoms with Gasteiger partial charge in [-0.1, -0.05) is 6.20 Å². The summed E-state index contributed by atoms with van der Waals surface area (Å²) in [5.41, 5.74) is 0.431. The Morgan fingerprint density at radius 1 is 1.21 bits per heavy atom. The molecule has 24 heavy (non-hydrogen) atoms. The lowest BCUT2D eigenvalue weighted by atomic mass is 10.3. The van der Waals surface area contributed by atoms with Crippen LogP contribution < -0.4 is 5.32 Å². The van der Waals surface area contributed by atoms with Crippen LogP contribution >= 0.6 is 27.3 Å². The van der Waals surface area contributed by atoms with Crippen LogP contribution in [-0.4, -0.2) is 19.3 Å². The largest absolute Gasteiger partial charge is 0.444 e. The molecule has 0 bridgehead atoms. The number of thiazole rings is 1. The van der Waals surface area contributed by atoms with Crippen molar-refractivity contribution < 1.29 is 17.6 Å². The number of halogens is 1. The molecule has 0 saturated carbocycles. The Kier molecular flexibility index (Phi) is 4.69. The summed E-state index contributed by atoms with van der Waals surface area (Å²) in [5, 5.41) is 4.41. The van der Waals surface area contributed by atoms with Gasteiger partial charge in [-0.25, -0.2) is 8.42 Å². The Bertz CT molecular complexity index is 950. The molecule has 10 heteroatoms. The highest BCUT2D eigenvalue weighted by Crippen LogP contribution is 2.29. The standard InChI is InChI=1S/C14H10BrN3O4S2/c15-12-6-5-11(22-12)13(19)17-9-1-3-10(4-2-9)24(20,21)18-14-16-7-8-23-14/h1-8H,(H2,16,17,18,19)/p-1. The van der Waals surface area contributed by atoms with Gasteiger partial charge in [0.1, 0.15) is 0 Å². The minimum Gasteiger partial charge on any atom is -0.444 e. The van der Waals surface area contributed by atoms with E-state index in [2.05, 4.69) is 31.0 Å². The minimum absolute atomic E-state index is 0.0106. The van der Waals surface area contributed by atoms with Crippen molar-refractivity contribution in [2.45, 2.75) is 4.90 Å². The predicted molar refractivity (Wildman–Crippen MR) is 93.1 cm³/mol. The van der Waals surface area contributed by atoms with Crippen LogP contribution in [0.5, 0.6) is 0 Å². The second-order valence-corrected chi connectivity index (χ2v) is 7.72. The lowest BCUT2D eigenvalue weighted by Crippen LogP contribution is -2.10. The van der Waals surface area contributed by atoms with Crippen molar-refractivity contribution in [1.29, 1.82) is 0 Å². The molecule has 0 saturated heterocycles. The van der Waals surface area contributed by atoms with E-state index in [4.69, 9.17) is 4.42 Å². The molecule has 0 unspecified atom stereocenters. The maximum Gasteiger partial charge on any atom is 0.291 e. The highest BCUT2D eigenvalue weighted by molar-refractivity contribution is 9.10. The van der Waals surface area contributed by atoms with Crippen molar-refractivity contribution in [2.24, 2.45) is 0 Å². The molecule has 1 amide bonds. The van der Waals surface area contributed by atoms with Crippen LogP contribution in [0, 0.1) is 0 Å². The summed E-state index contributed by atoms with van der Waals surface area (Å²) in [4.78, 5) is 15.8. The molecule has 2 heterocycles. The first-order valence-electron chi connectivity index (χ1n) is 6.48. The van der Waals surface area contributed by atoms with Crippen LogP contribution in [-0.2, 0) is 10.0 Å². The third-order valence-corrected chi connectivity index (χ3v) is 5.31. The van der Waals surface area contributed by atoms with Gasteiger partial charge in [0.15, 0.2) is 10.4 Å². The normalized spacial score (nSPS) is 11.2. The molecule has 0 fully saturated rings. The summed E-state index contributed by atoms with van der Waals surface area (Å²) in [5.74, 6) is -0.305. The van der Waals surface area contributed by atoms with Gasteiger partial charge in [0.05, 0.1) is 4.90 Å². The number of carbonyl (C=O) groups is 1. The Hall–Kier alpha value is -2.17. The van der Waals surface area contributed by atoms with E-state index in [-0.39, 0.29) is 15.8 Å². The molecule has 124 valence electrons. The van der Waals surface area contributed by atoms with Gasteiger partial charge >= 0.3 is 0 Å². The van der Waals surface area contributed by atoms with Gasteiger partial charge < -0.3 is 19.4 Å². The number of benzene rings is 1. The number of hydrogen-bond acceptors (Lipinski definition) is 6. The molecule has 0 atom stereocenters. The quantitative estimate of drug-likeness (QED) is 0.659. The van der Waals surface area contributed by atoms with E-state index in [1.165, 1.54) is 36.5 Å². The summed E-state index contributed by atoms with van der Waals surface area (Å²) in [7, 11) is -3.84. The summed E-state index contributed by atoms with van der Waals surface area (Å²) in [6.45, 7) is 0. The summed E-state index contributed by atoms with van der Waals surface area (Å²) < 4.78 is 33.5.